The lowest BCUT2D eigenvalue weighted by Gasteiger charge is -2.17. The summed E-state index contributed by atoms with van der Waals surface area (Å²) in [7, 11) is 1.95. The Morgan fingerprint density at radius 1 is 1.14 bits per heavy atom. The van der Waals surface area contributed by atoms with Crippen LogP contribution in [0.3, 0.4) is 0 Å². The van der Waals surface area contributed by atoms with Crippen molar-refractivity contribution >= 4 is 5.69 Å². The zero-order chi connectivity index (χ0) is 9.80. The first-order chi connectivity index (χ1) is 6.90. The number of aryl methyl sites for hydroxylation is 2. The Morgan fingerprint density at radius 2 is 1.93 bits per heavy atom. The van der Waals surface area contributed by atoms with Crippen LogP contribution in [0.5, 0.6) is 0 Å². The number of hydrogen-bond acceptors (Lipinski definition) is 2. The smallest absolute Gasteiger partial charge is 0.0650 e. The standard InChI is InChI=1S/C12H18N2/c1-13-9-14-12-7-6-10-4-2-3-5-11(10)8-12/h6-8,13-14H,2-5,9H2,1H3. The van der Waals surface area contributed by atoms with E-state index in [1.54, 1.807) is 5.56 Å². The van der Waals surface area contributed by atoms with Crippen molar-refractivity contribution in [2.45, 2.75) is 25.7 Å². The van der Waals surface area contributed by atoms with Gasteiger partial charge in [0.2, 0.25) is 0 Å². The molecular formula is C12H18N2. The van der Waals surface area contributed by atoms with Gasteiger partial charge in [0, 0.05) is 5.69 Å². The van der Waals surface area contributed by atoms with Crippen LogP contribution in [0.1, 0.15) is 24.0 Å². The van der Waals surface area contributed by atoms with Crippen molar-refractivity contribution in [1.82, 2.24) is 5.32 Å². The summed E-state index contributed by atoms with van der Waals surface area (Å²) in [4.78, 5) is 0. The van der Waals surface area contributed by atoms with Crippen molar-refractivity contribution in [3.05, 3.63) is 29.3 Å². The monoisotopic (exact) mass is 190 g/mol. The minimum Gasteiger partial charge on any atom is -0.372 e. The van der Waals surface area contributed by atoms with Gasteiger partial charge >= 0.3 is 0 Å². The first-order valence-corrected chi connectivity index (χ1v) is 5.40. The van der Waals surface area contributed by atoms with Crippen molar-refractivity contribution in [3.8, 4) is 0 Å². The highest BCUT2D eigenvalue weighted by Crippen LogP contribution is 2.23. The van der Waals surface area contributed by atoms with Gasteiger partial charge in [-0.1, -0.05) is 6.07 Å². The Labute approximate surface area is 85.7 Å². The molecule has 0 unspecified atom stereocenters. The number of hydrogen-bond donors (Lipinski definition) is 2. The summed E-state index contributed by atoms with van der Waals surface area (Å²) in [5, 5.41) is 6.42. The van der Waals surface area contributed by atoms with Gasteiger partial charge in [0.25, 0.3) is 0 Å². The van der Waals surface area contributed by atoms with Crippen LogP contribution in [-0.4, -0.2) is 13.7 Å². The van der Waals surface area contributed by atoms with Gasteiger partial charge in [-0.25, -0.2) is 0 Å². The van der Waals surface area contributed by atoms with Gasteiger partial charge in [-0.15, -0.1) is 0 Å². The Balaban J connectivity index is 2.12. The van der Waals surface area contributed by atoms with Crippen LogP contribution in [0, 0.1) is 0 Å². The molecule has 76 valence electrons. The van der Waals surface area contributed by atoms with Crippen LogP contribution in [0.2, 0.25) is 0 Å². The molecule has 2 rings (SSSR count). The van der Waals surface area contributed by atoms with Gasteiger partial charge in [-0.05, 0) is 56.0 Å². The Kier molecular flexibility index (Phi) is 3.04. The summed E-state index contributed by atoms with van der Waals surface area (Å²) in [5.74, 6) is 0. The Morgan fingerprint density at radius 3 is 2.71 bits per heavy atom. The summed E-state index contributed by atoms with van der Waals surface area (Å²) in [5.41, 5.74) is 4.32. The van der Waals surface area contributed by atoms with Gasteiger partial charge in [0.05, 0.1) is 6.67 Å². The fraction of sp³-hybridized carbons (Fsp3) is 0.500. The van der Waals surface area contributed by atoms with Crippen LogP contribution >= 0.6 is 0 Å². The van der Waals surface area contributed by atoms with E-state index >= 15 is 0 Å². The predicted octanol–water partition coefficient (Wildman–Crippen LogP) is 2.15. The Bertz CT molecular complexity index is 307. The average Bonchev–Trinajstić information content (AvgIpc) is 2.26. The molecule has 2 nitrogen and oxygen atoms in total. The zero-order valence-corrected chi connectivity index (χ0v) is 8.77. The minimum atomic E-state index is 0.832. The fourth-order valence-electron chi connectivity index (χ4n) is 2.03. The molecule has 1 aromatic rings. The van der Waals surface area contributed by atoms with E-state index in [4.69, 9.17) is 0 Å². The minimum absolute atomic E-state index is 0.832. The van der Waals surface area contributed by atoms with Gasteiger partial charge in [0.15, 0.2) is 0 Å². The maximum absolute atomic E-state index is 3.33. The van der Waals surface area contributed by atoms with Crippen LogP contribution < -0.4 is 10.6 Å². The van der Waals surface area contributed by atoms with E-state index in [9.17, 15) is 0 Å². The number of anilines is 1. The Hall–Kier alpha value is -1.02. The summed E-state index contributed by atoms with van der Waals surface area (Å²) in [6, 6.07) is 6.75. The third-order valence-electron chi connectivity index (χ3n) is 2.82. The van der Waals surface area contributed by atoms with Crippen molar-refractivity contribution in [3.63, 3.8) is 0 Å². The number of benzene rings is 1. The lowest BCUT2D eigenvalue weighted by molar-refractivity contribution is 0.685. The lowest BCUT2D eigenvalue weighted by Crippen LogP contribution is -2.17. The molecule has 0 aromatic heterocycles. The van der Waals surface area contributed by atoms with Crippen LogP contribution in [0.25, 0.3) is 0 Å². The third kappa shape index (κ3) is 2.07. The van der Waals surface area contributed by atoms with Crippen molar-refractivity contribution < 1.29 is 0 Å². The van der Waals surface area contributed by atoms with E-state index < -0.39 is 0 Å². The van der Waals surface area contributed by atoms with Gasteiger partial charge in [-0.3, -0.25) is 0 Å². The second kappa shape index (κ2) is 4.47. The maximum Gasteiger partial charge on any atom is 0.0650 e. The quantitative estimate of drug-likeness (QED) is 0.714. The molecule has 0 heterocycles. The molecule has 0 bridgehead atoms. The highest BCUT2D eigenvalue weighted by Gasteiger charge is 2.08. The number of fused-ring (bicyclic) bond motifs is 1. The first kappa shape index (κ1) is 9.53. The van der Waals surface area contributed by atoms with Crippen molar-refractivity contribution in [1.29, 1.82) is 0 Å². The van der Waals surface area contributed by atoms with Gasteiger partial charge in [-0.2, -0.15) is 0 Å². The molecule has 0 aliphatic heterocycles. The normalized spacial score (nSPS) is 14.9. The van der Waals surface area contributed by atoms with Crippen LogP contribution in [0.15, 0.2) is 18.2 Å². The maximum atomic E-state index is 3.33. The zero-order valence-electron chi connectivity index (χ0n) is 8.77. The van der Waals surface area contributed by atoms with Gasteiger partial charge < -0.3 is 10.6 Å². The van der Waals surface area contributed by atoms with Gasteiger partial charge in [0.1, 0.15) is 0 Å². The second-order valence-corrected chi connectivity index (χ2v) is 3.90. The molecule has 14 heavy (non-hydrogen) atoms. The van der Waals surface area contributed by atoms with Crippen LogP contribution in [0.4, 0.5) is 5.69 Å². The molecule has 0 saturated heterocycles. The average molecular weight is 190 g/mol. The van der Waals surface area contributed by atoms with E-state index in [1.165, 1.54) is 36.9 Å². The molecule has 2 heteroatoms. The largest absolute Gasteiger partial charge is 0.372 e. The first-order valence-electron chi connectivity index (χ1n) is 5.40. The van der Waals surface area contributed by atoms with E-state index in [2.05, 4.69) is 28.8 Å². The highest BCUT2D eigenvalue weighted by atomic mass is 15.0. The SMILES string of the molecule is CNCNc1ccc2c(c1)CCCC2. The topological polar surface area (TPSA) is 24.1 Å². The van der Waals surface area contributed by atoms with Crippen LogP contribution in [-0.2, 0) is 12.8 Å². The summed E-state index contributed by atoms with van der Waals surface area (Å²) >= 11 is 0. The summed E-state index contributed by atoms with van der Waals surface area (Å²) in [6.07, 6.45) is 5.23. The van der Waals surface area contributed by atoms with E-state index in [0.717, 1.165) is 6.67 Å². The molecule has 0 fully saturated rings. The molecule has 0 atom stereocenters. The summed E-state index contributed by atoms with van der Waals surface area (Å²) < 4.78 is 0. The molecule has 1 aliphatic rings. The molecule has 1 aliphatic carbocycles. The van der Waals surface area contributed by atoms with E-state index in [1.807, 2.05) is 7.05 Å². The molecule has 0 amide bonds. The summed E-state index contributed by atoms with van der Waals surface area (Å²) in [6.45, 7) is 0.832. The second-order valence-electron chi connectivity index (χ2n) is 3.90. The predicted molar refractivity (Wildman–Crippen MR) is 60.6 cm³/mol. The third-order valence-corrected chi connectivity index (χ3v) is 2.82. The fourth-order valence-corrected chi connectivity index (χ4v) is 2.03. The lowest BCUT2D eigenvalue weighted by atomic mass is 9.91. The van der Waals surface area contributed by atoms with E-state index in [0.29, 0.717) is 0 Å². The molecule has 0 spiro atoms. The molecule has 2 N–H and O–H groups in total. The molecule has 0 radical (unpaired) electrons. The number of rotatable bonds is 3. The van der Waals surface area contributed by atoms with E-state index in [-0.39, 0.29) is 0 Å². The van der Waals surface area contributed by atoms with Crippen molar-refractivity contribution in [2.75, 3.05) is 19.0 Å². The molecule has 0 saturated carbocycles. The molecule has 1 aromatic carbocycles. The highest BCUT2D eigenvalue weighted by molar-refractivity contribution is 5.49. The number of nitrogens with one attached hydrogen (secondary N) is 2. The molecular weight excluding hydrogens is 172 g/mol. The van der Waals surface area contributed by atoms with Crippen molar-refractivity contribution in [2.24, 2.45) is 0 Å².